The summed E-state index contributed by atoms with van der Waals surface area (Å²) in [6.45, 7) is 12.3. The van der Waals surface area contributed by atoms with Crippen LogP contribution in [0.4, 0.5) is 10.5 Å². The van der Waals surface area contributed by atoms with E-state index in [1.807, 2.05) is 44.3 Å². The Kier molecular flexibility index (Phi) is 10.2. The Bertz CT molecular complexity index is 1300. The zero-order valence-electron chi connectivity index (χ0n) is 23.8. The lowest BCUT2D eigenvalue weighted by Crippen LogP contribution is -2.37. The molecule has 1 aliphatic rings. The first-order valence-electron chi connectivity index (χ1n) is 13.7. The normalized spacial score (nSPS) is 14.2. The van der Waals surface area contributed by atoms with E-state index in [0.717, 1.165) is 57.4 Å². The van der Waals surface area contributed by atoms with Crippen LogP contribution in [-0.4, -0.2) is 41.7 Å². The number of ether oxygens (including phenoxy) is 1. The number of carbonyl (C=O) groups excluding carboxylic acids is 2. The van der Waals surface area contributed by atoms with Gasteiger partial charge in [0, 0.05) is 45.9 Å². The second kappa shape index (κ2) is 13.6. The van der Waals surface area contributed by atoms with E-state index in [1.165, 1.54) is 0 Å². The van der Waals surface area contributed by atoms with Crippen LogP contribution in [0.5, 0.6) is 0 Å². The second-order valence-corrected chi connectivity index (χ2v) is 13.1. The maximum Gasteiger partial charge on any atom is 0.411 e. The van der Waals surface area contributed by atoms with Gasteiger partial charge in [-0.3, -0.25) is 14.8 Å². The molecule has 2 heterocycles. The maximum absolute atomic E-state index is 12.7. The molecule has 8 nitrogen and oxygen atoms in total. The summed E-state index contributed by atoms with van der Waals surface area (Å²) < 4.78 is 8.67. The van der Waals surface area contributed by atoms with E-state index in [0.29, 0.717) is 12.2 Å². The van der Waals surface area contributed by atoms with Crippen LogP contribution >= 0.6 is 23.3 Å². The van der Waals surface area contributed by atoms with Gasteiger partial charge in [-0.05, 0) is 108 Å². The summed E-state index contributed by atoms with van der Waals surface area (Å²) in [6.07, 6.45) is 3.03. The Morgan fingerprint density at radius 2 is 1.85 bits per heavy atom. The third kappa shape index (κ3) is 8.79. The van der Waals surface area contributed by atoms with Crippen LogP contribution in [0.25, 0.3) is 21.0 Å². The minimum atomic E-state index is -0.470. The van der Waals surface area contributed by atoms with Gasteiger partial charge in [-0.1, -0.05) is 12.1 Å². The molecule has 0 atom stereocenters. The van der Waals surface area contributed by atoms with Crippen LogP contribution in [0.15, 0.2) is 53.6 Å². The number of carbonyl (C=O) groups is 2. The predicted molar refractivity (Wildman–Crippen MR) is 164 cm³/mol. The molecule has 0 bridgehead atoms. The third-order valence-electron chi connectivity index (χ3n) is 6.18. The van der Waals surface area contributed by atoms with E-state index in [2.05, 4.69) is 59.6 Å². The fourth-order valence-electron chi connectivity index (χ4n) is 4.18. The van der Waals surface area contributed by atoms with E-state index in [1.54, 1.807) is 23.3 Å². The number of hydrogen-bond acceptors (Lipinski definition) is 8. The minimum absolute atomic E-state index is 0.0720. The predicted octanol–water partition coefficient (Wildman–Crippen LogP) is 6.45. The number of aromatic nitrogens is 1. The number of nitrogens with one attached hydrogen (secondary N) is 4. The van der Waals surface area contributed by atoms with Crippen LogP contribution in [-0.2, 0) is 16.1 Å². The second-order valence-electron chi connectivity index (χ2n) is 11.2. The molecule has 0 radical (unpaired) electrons. The number of thiazole rings is 1. The molecule has 0 spiro atoms. The molecule has 40 heavy (non-hydrogen) atoms. The van der Waals surface area contributed by atoms with E-state index in [9.17, 15) is 9.59 Å². The molecule has 2 amide bonds. The average Bonchev–Trinajstić information content (AvgIpc) is 3.41. The molecule has 10 heteroatoms. The number of rotatable bonds is 9. The number of benzene rings is 2. The standard InChI is InChI=1S/C30H39N5O3S2/c1-19(2)38-29(37)34-23-9-7-22(8-10-23)28-33-18-26(39-28)24-11-6-20(16-25(24)40-35-30(3,4)5)17-32-27(36)21-12-14-31-15-13-21/h6-11,16,18-19,21,31,35H,12-15,17H2,1-5H3,(H,32,36)(H,34,37). The summed E-state index contributed by atoms with van der Waals surface area (Å²) >= 11 is 3.22. The molecular formula is C30H39N5O3S2. The quantitative estimate of drug-likeness (QED) is 0.216. The SMILES string of the molecule is CC(C)OC(=O)Nc1ccc(-c2ncc(-c3ccc(CNC(=O)C4CCNCC4)cc3SNC(C)(C)C)s2)cc1. The highest BCUT2D eigenvalue weighted by atomic mass is 32.2. The Morgan fingerprint density at radius 1 is 1.12 bits per heavy atom. The molecule has 0 saturated carbocycles. The molecule has 1 fully saturated rings. The van der Waals surface area contributed by atoms with Crippen molar-refractivity contribution in [1.82, 2.24) is 20.3 Å². The van der Waals surface area contributed by atoms with Gasteiger partial charge < -0.3 is 15.4 Å². The monoisotopic (exact) mass is 581 g/mol. The number of nitrogens with zero attached hydrogens (tertiary/aromatic N) is 1. The minimum Gasteiger partial charge on any atom is -0.447 e. The maximum atomic E-state index is 12.7. The van der Waals surface area contributed by atoms with E-state index < -0.39 is 6.09 Å². The van der Waals surface area contributed by atoms with Gasteiger partial charge in [-0.2, -0.15) is 0 Å². The molecule has 0 unspecified atom stereocenters. The summed E-state index contributed by atoms with van der Waals surface area (Å²) in [6, 6.07) is 13.9. The van der Waals surface area contributed by atoms with Gasteiger partial charge in [0.05, 0.1) is 11.0 Å². The number of anilines is 1. The van der Waals surface area contributed by atoms with Crippen LogP contribution in [0, 0.1) is 5.92 Å². The van der Waals surface area contributed by atoms with Gasteiger partial charge in [0.1, 0.15) is 5.01 Å². The van der Waals surface area contributed by atoms with Gasteiger partial charge in [-0.15, -0.1) is 11.3 Å². The zero-order valence-corrected chi connectivity index (χ0v) is 25.4. The van der Waals surface area contributed by atoms with Crippen LogP contribution in [0.1, 0.15) is 53.0 Å². The van der Waals surface area contributed by atoms with Crippen molar-refractivity contribution in [3.05, 3.63) is 54.2 Å². The Balaban J connectivity index is 1.49. The molecule has 1 aliphatic heterocycles. The van der Waals surface area contributed by atoms with E-state index in [4.69, 9.17) is 9.72 Å². The highest BCUT2D eigenvalue weighted by Crippen LogP contribution is 2.38. The van der Waals surface area contributed by atoms with Crippen LogP contribution in [0.3, 0.4) is 0 Å². The Labute approximate surface area is 245 Å². The molecule has 4 N–H and O–H groups in total. The molecule has 1 saturated heterocycles. The molecule has 2 aromatic carbocycles. The van der Waals surface area contributed by atoms with Crippen molar-refractivity contribution in [2.45, 2.75) is 70.5 Å². The van der Waals surface area contributed by atoms with Crippen LogP contribution < -0.4 is 20.7 Å². The van der Waals surface area contributed by atoms with E-state index >= 15 is 0 Å². The highest BCUT2D eigenvalue weighted by molar-refractivity contribution is 7.97. The highest BCUT2D eigenvalue weighted by Gasteiger charge is 2.21. The zero-order chi connectivity index (χ0) is 28.7. The summed E-state index contributed by atoms with van der Waals surface area (Å²) in [5, 5.41) is 10.1. The Morgan fingerprint density at radius 3 is 2.52 bits per heavy atom. The third-order valence-corrected chi connectivity index (χ3v) is 8.53. The lowest BCUT2D eigenvalue weighted by Gasteiger charge is -2.22. The number of piperidine rings is 1. The van der Waals surface area contributed by atoms with Crippen molar-refractivity contribution in [2.75, 3.05) is 18.4 Å². The van der Waals surface area contributed by atoms with Gasteiger partial charge in [0.2, 0.25) is 5.91 Å². The lowest BCUT2D eigenvalue weighted by atomic mass is 9.97. The van der Waals surface area contributed by atoms with Gasteiger partial charge >= 0.3 is 6.09 Å². The van der Waals surface area contributed by atoms with Crippen molar-refractivity contribution in [3.63, 3.8) is 0 Å². The van der Waals surface area contributed by atoms with Crippen molar-refractivity contribution < 1.29 is 14.3 Å². The number of amides is 2. The molecule has 3 aromatic rings. The van der Waals surface area contributed by atoms with Crippen molar-refractivity contribution >= 4 is 41.0 Å². The van der Waals surface area contributed by atoms with Gasteiger partial charge in [0.15, 0.2) is 0 Å². The largest absolute Gasteiger partial charge is 0.447 e. The summed E-state index contributed by atoms with van der Waals surface area (Å²) in [4.78, 5) is 31.4. The first-order chi connectivity index (χ1) is 19.1. The molecule has 0 aliphatic carbocycles. The van der Waals surface area contributed by atoms with Crippen molar-refractivity contribution in [3.8, 4) is 21.0 Å². The first kappa shape index (κ1) is 30.0. The Hall–Kier alpha value is -2.92. The topological polar surface area (TPSA) is 104 Å². The lowest BCUT2D eigenvalue weighted by molar-refractivity contribution is -0.125. The molecule has 214 valence electrons. The molecule has 1 aromatic heterocycles. The summed E-state index contributed by atoms with van der Waals surface area (Å²) in [7, 11) is 0. The molecule has 4 rings (SSSR count). The van der Waals surface area contributed by atoms with E-state index in [-0.39, 0.29) is 23.5 Å². The summed E-state index contributed by atoms with van der Waals surface area (Å²) in [5.74, 6) is 0.226. The summed E-state index contributed by atoms with van der Waals surface area (Å²) in [5.41, 5.74) is 3.72. The van der Waals surface area contributed by atoms with Crippen LogP contribution in [0.2, 0.25) is 0 Å². The van der Waals surface area contributed by atoms with Crippen molar-refractivity contribution in [1.29, 1.82) is 0 Å². The fraction of sp³-hybridized carbons (Fsp3) is 0.433. The fourth-order valence-corrected chi connectivity index (χ4v) is 6.12. The van der Waals surface area contributed by atoms with Crippen molar-refractivity contribution in [2.24, 2.45) is 5.92 Å². The van der Waals surface area contributed by atoms with Gasteiger partial charge in [-0.25, -0.2) is 9.78 Å². The van der Waals surface area contributed by atoms with Gasteiger partial charge in [0.25, 0.3) is 0 Å². The average molecular weight is 582 g/mol. The molecular weight excluding hydrogens is 542 g/mol. The number of hydrogen-bond donors (Lipinski definition) is 4. The smallest absolute Gasteiger partial charge is 0.411 e. The first-order valence-corrected chi connectivity index (χ1v) is 15.3.